The van der Waals surface area contributed by atoms with Crippen molar-refractivity contribution in [2.24, 2.45) is 0 Å². The summed E-state index contributed by atoms with van der Waals surface area (Å²) in [5.41, 5.74) is 0. The number of rotatable bonds is 6. The van der Waals surface area contributed by atoms with Crippen LogP contribution in [0.3, 0.4) is 0 Å². The van der Waals surface area contributed by atoms with Crippen molar-refractivity contribution in [1.29, 1.82) is 0 Å². The fourth-order valence-corrected chi connectivity index (χ4v) is 0.848. The molecule has 0 aromatic carbocycles. The van der Waals surface area contributed by atoms with E-state index < -0.39 is 0 Å². The highest BCUT2D eigenvalue weighted by Gasteiger charge is 2.00. The normalized spacial score (nSPS) is 9.20. The SMILES string of the molecule is CC(=O)NCCCNC(=O)CNC(C)=O. The van der Waals surface area contributed by atoms with Crippen LogP contribution in [0.15, 0.2) is 0 Å². The number of hydrogen-bond acceptors (Lipinski definition) is 3. The Kier molecular flexibility index (Phi) is 6.96. The highest BCUT2D eigenvalue weighted by molar-refractivity contribution is 5.83. The summed E-state index contributed by atoms with van der Waals surface area (Å²) in [4.78, 5) is 32.0. The van der Waals surface area contributed by atoms with Crippen molar-refractivity contribution in [2.75, 3.05) is 19.6 Å². The summed E-state index contributed by atoms with van der Waals surface area (Å²) in [6.45, 7) is 3.81. The van der Waals surface area contributed by atoms with Crippen LogP contribution in [-0.2, 0) is 14.4 Å². The molecule has 86 valence electrons. The van der Waals surface area contributed by atoms with E-state index >= 15 is 0 Å². The summed E-state index contributed by atoms with van der Waals surface area (Å²) in [5, 5.41) is 7.60. The van der Waals surface area contributed by atoms with Gasteiger partial charge in [-0.2, -0.15) is 0 Å². The van der Waals surface area contributed by atoms with Crippen LogP contribution in [0.25, 0.3) is 0 Å². The van der Waals surface area contributed by atoms with Crippen LogP contribution in [0.1, 0.15) is 20.3 Å². The molecule has 0 aromatic rings. The molecule has 0 fully saturated rings. The molecule has 0 aliphatic heterocycles. The minimum Gasteiger partial charge on any atom is -0.356 e. The standard InChI is InChI=1S/C9H17N3O3/c1-7(13)10-4-3-5-11-9(15)6-12-8(2)14/h3-6H2,1-2H3,(H,10,13)(H,11,15)(H,12,14). The van der Waals surface area contributed by atoms with Gasteiger partial charge in [0, 0.05) is 26.9 Å². The van der Waals surface area contributed by atoms with Gasteiger partial charge in [-0.1, -0.05) is 0 Å². The van der Waals surface area contributed by atoms with Crippen LogP contribution < -0.4 is 16.0 Å². The van der Waals surface area contributed by atoms with Crippen LogP contribution in [0.5, 0.6) is 0 Å². The second-order valence-electron chi connectivity index (χ2n) is 3.10. The van der Waals surface area contributed by atoms with E-state index in [-0.39, 0.29) is 24.3 Å². The number of carbonyl (C=O) groups excluding carboxylic acids is 3. The Hall–Kier alpha value is -1.59. The number of hydrogen-bond donors (Lipinski definition) is 3. The Morgan fingerprint density at radius 2 is 1.40 bits per heavy atom. The second kappa shape index (κ2) is 7.78. The highest BCUT2D eigenvalue weighted by Crippen LogP contribution is 1.74. The Morgan fingerprint density at radius 3 is 1.93 bits per heavy atom. The zero-order valence-corrected chi connectivity index (χ0v) is 9.05. The molecule has 6 heteroatoms. The van der Waals surface area contributed by atoms with Crippen molar-refractivity contribution in [2.45, 2.75) is 20.3 Å². The number of nitrogens with one attached hydrogen (secondary N) is 3. The molecule has 3 amide bonds. The zero-order chi connectivity index (χ0) is 11.7. The van der Waals surface area contributed by atoms with Gasteiger partial charge in [0.25, 0.3) is 0 Å². The Morgan fingerprint density at radius 1 is 0.867 bits per heavy atom. The maximum Gasteiger partial charge on any atom is 0.239 e. The molecule has 0 aromatic heterocycles. The molecule has 0 aliphatic rings. The summed E-state index contributed by atoms with van der Waals surface area (Å²) >= 11 is 0. The van der Waals surface area contributed by atoms with E-state index in [9.17, 15) is 14.4 Å². The minimum atomic E-state index is -0.233. The molecule has 0 saturated carbocycles. The first-order valence-corrected chi connectivity index (χ1v) is 4.78. The molecule has 0 unspecified atom stereocenters. The van der Waals surface area contributed by atoms with Gasteiger partial charge in [-0.25, -0.2) is 0 Å². The number of amides is 3. The molecule has 3 N–H and O–H groups in total. The average Bonchev–Trinajstić information content (AvgIpc) is 2.13. The van der Waals surface area contributed by atoms with Crippen molar-refractivity contribution in [3.05, 3.63) is 0 Å². The highest BCUT2D eigenvalue weighted by atomic mass is 16.2. The molecule has 15 heavy (non-hydrogen) atoms. The summed E-state index contributed by atoms with van der Waals surface area (Å²) in [6.07, 6.45) is 0.672. The predicted molar refractivity (Wildman–Crippen MR) is 55.0 cm³/mol. The van der Waals surface area contributed by atoms with Crippen molar-refractivity contribution in [3.63, 3.8) is 0 Å². The maximum atomic E-state index is 11.0. The summed E-state index contributed by atoms with van der Waals surface area (Å²) in [5.74, 6) is -0.545. The van der Waals surface area contributed by atoms with Crippen LogP contribution in [0.4, 0.5) is 0 Å². The third-order valence-corrected chi connectivity index (χ3v) is 1.55. The molecule has 0 radical (unpaired) electrons. The molecule has 0 rings (SSSR count). The van der Waals surface area contributed by atoms with Gasteiger partial charge >= 0.3 is 0 Å². The van der Waals surface area contributed by atoms with Crippen LogP contribution in [0, 0.1) is 0 Å². The van der Waals surface area contributed by atoms with Gasteiger partial charge in [0.2, 0.25) is 17.7 Å². The third-order valence-electron chi connectivity index (χ3n) is 1.55. The minimum absolute atomic E-state index is 0.00449. The van der Waals surface area contributed by atoms with E-state index in [2.05, 4.69) is 16.0 Å². The van der Waals surface area contributed by atoms with Gasteiger partial charge < -0.3 is 16.0 Å². The van der Waals surface area contributed by atoms with E-state index in [0.29, 0.717) is 19.5 Å². The monoisotopic (exact) mass is 215 g/mol. The second-order valence-corrected chi connectivity index (χ2v) is 3.10. The molecular formula is C9H17N3O3. The molecule has 6 nitrogen and oxygen atoms in total. The molecule has 0 spiro atoms. The Bertz CT molecular complexity index is 241. The molecule has 0 saturated heterocycles. The van der Waals surface area contributed by atoms with Crippen molar-refractivity contribution >= 4 is 17.7 Å². The lowest BCUT2D eigenvalue weighted by molar-refractivity contribution is -0.125. The van der Waals surface area contributed by atoms with Crippen LogP contribution in [0.2, 0.25) is 0 Å². The fourth-order valence-electron chi connectivity index (χ4n) is 0.848. The lowest BCUT2D eigenvalue weighted by Gasteiger charge is -2.05. The van der Waals surface area contributed by atoms with Crippen molar-refractivity contribution < 1.29 is 14.4 Å². The van der Waals surface area contributed by atoms with Gasteiger partial charge in [0.05, 0.1) is 6.54 Å². The number of carbonyl (C=O) groups is 3. The zero-order valence-electron chi connectivity index (χ0n) is 9.05. The molecule has 0 aliphatic carbocycles. The largest absolute Gasteiger partial charge is 0.356 e. The van der Waals surface area contributed by atoms with E-state index in [1.54, 1.807) is 0 Å². The van der Waals surface area contributed by atoms with Crippen LogP contribution in [-0.4, -0.2) is 37.4 Å². The van der Waals surface area contributed by atoms with Gasteiger partial charge in [-0.3, -0.25) is 14.4 Å². The summed E-state index contributed by atoms with van der Waals surface area (Å²) in [6, 6.07) is 0. The van der Waals surface area contributed by atoms with Crippen molar-refractivity contribution in [3.8, 4) is 0 Å². The predicted octanol–water partition coefficient (Wildman–Crippen LogP) is -1.24. The smallest absolute Gasteiger partial charge is 0.239 e. The summed E-state index contributed by atoms with van der Waals surface area (Å²) in [7, 11) is 0. The molecule has 0 atom stereocenters. The van der Waals surface area contributed by atoms with E-state index in [0.717, 1.165) is 0 Å². The molecular weight excluding hydrogens is 198 g/mol. The topological polar surface area (TPSA) is 87.3 Å². The van der Waals surface area contributed by atoms with E-state index in [1.807, 2.05) is 0 Å². The quantitative estimate of drug-likeness (QED) is 0.484. The first-order valence-electron chi connectivity index (χ1n) is 4.78. The van der Waals surface area contributed by atoms with E-state index in [1.165, 1.54) is 13.8 Å². The Balaban J connectivity index is 3.31. The molecule has 0 heterocycles. The molecule has 0 bridgehead atoms. The van der Waals surface area contributed by atoms with Crippen molar-refractivity contribution in [1.82, 2.24) is 16.0 Å². The maximum absolute atomic E-state index is 11.0. The lowest BCUT2D eigenvalue weighted by atomic mass is 10.4. The van der Waals surface area contributed by atoms with Gasteiger partial charge in [0.15, 0.2) is 0 Å². The van der Waals surface area contributed by atoms with E-state index in [4.69, 9.17) is 0 Å². The average molecular weight is 215 g/mol. The first kappa shape index (κ1) is 13.4. The van der Waals surface area contributed by atoms with Gasteiger partial charge in [0.1, 0.15) is 0 Å². The first-order chi connectivity index (χ1) is 7.02. The Labute approximate surface area is 88.8 Å². The van der Waals surface area contributed by atoms with Crippen LogP contribution >= 0.6 is 0 Å². The lowest BCUT2D eigenvalue weighted by Crippen LogP contribution is -2.37. The van der Waals surface area contributed by atoms with Gasteiger partial charge in [-0.05, 0) is 6.42 Å². The third kappa shape index (κ3) is 10.3. The summed E-state index contributed by atoms with van der Waals surface area (Å²) < 4.78 is 0. The fraction of sp³-hybridized carbons (Fsp3) is 0.667. The van der Waals surface area contributed by atoms with Gasteiger partial charge in [-0.15, -0.1) is 0 Å².